The van der Waals surface area contributed by atoms with Crippen molar-refractivity contribution in [2.24, 2.45) is 0 Å². The van der Waals surface area contributed by atoms with Crippen molar-refractivity contribution in [3.05, 3.63) is 24.3 Å². The van der Waals surface area contributed by atoms with Gasteiger partial charge in [0, 0.05) is 21.2 Å². The average Bonchev–Trinajstić information content (AvgIpc) is 1.77. The first kappa shape index (κ1) is 8.46. The molecule has 0 aliphatic heterocycles. The summed E-state index contributed by atoms with van der Waals surface area (Å²) in [6.45, 7) is 0. The van der Waals surface area contributed by atoms with Gasteiger partial charge in [0.1, 0.15) is 0 Å². The van der Waals surface area contributed by atoms with E-state index in [1.54, 1.807) is 12.1 Å². The third-order valence-electron chi connectivity index (χ3n) is 0.849. The zero-order chi connectivity index (χ0) is 5.98. The van der Waals surface area contributed by atoms with Crippen molar-refractivity contribution >= 4 is 19.8 Å². The van der Waals surface area contributed by atoms with Crippen LogP contribution in [0.15, 0.2) is 24.3 Å². The third kappa shape index (κ3) is 2.03. The van der Waals surface area contributed by atoms with Crippen LogP contribution >= 0.6 is 0 Å². The van der Waals surface area contributed by atoms with E-state index in [9.17, 15) is 10.2 Å². The molecule has 9 heavy (non-hydrogen) atoms. The van der Waals surface area contributed by atoms with Crippen LogP contribution in [-0.4, -0.2) is 19.8 Å². The minimum Gasteiger partial charge on any atom is -0.873 e. The Labute approximate surface area is 67.7 Å². The zero-order valence-corrected chi connectivity index (χ0v) is 7.13. The number of benzene rings is 1. The van der Waals surface area contributed by atoms with Crippen LogP contribution in [0.3, 0.4) is 0 Å². The molecule has 0 heterocycles. The van der Waals surface area contributed by atoms with Gasteiger partial charge in [0.25, 0.3) is 0 Å². The molecule has 2 nitrogen and oxygen atoms in total. The van der Waals surface area contributed by atoms with Gasteiger partial charge < -0.3 is 10.2 Å². The first-order valence-electron chi connectivity index (χ1n) is 2.24. The van der Waals surface area contributed by atoms with Gasteiger partial charge in [-0.3, -0.25) is 0 Å². The smallest absolute Gasteiger partial charge is 0 e. The summed E-state index contributed by atoms with van der Waals surface area (Å²) < 4.78 is 0. The third-order valence-corrected chi connectivity index (χ3v) is 0.849. The fraction of sp³-hybridized carbons (Fsp3) is 0. The number of rotatable bonds is 0. The van der Waals surface area contributed by atoms with Crippen molar-refractivity contribution in [3.63, 3.8) is 0 Å². The van der Waals surface area contributed by atoms with E-state index in [4.69, 9.17) is 0 Å². The second-order valence-corrected chi connectivity index (χ2v) is 1.45. The van der Waals surface area contributed by atoms with E-state index in [-0.39, 0.29) is 21.2 Å². The quantitative estimate of drug-likeness (QED) is 0.514. The van der Waals surface area contributed by atoms with Crippen molar-refractivity contribution in [2.45, 2.75) is 0 Å². The molecular formula is C6H6GaO2-2. The normalized spacial score (nSPS) is 8.00. The fourth-order valence-electron chi connectivity index (χ4n) is 0.450. The van der Waals surface area contributed by atoms with Gasteiger partial charge in [0.15, 0.2) is 0 Å². The molecule has 0 saturated carbocycles. The van der Waals surface area contributed by atoms with Crippen molar-refractivity contribution in [1.29, 1.82) is 0 Å². The molecule has 0 unspecified atom stereocenters. The van der Waals surface area contributed by atoms with Gasteiger partial charge in [-0.25, -0.2) is 0 Å². The number of hydrogen-bond donors (Lipinski definition) is 0. The van der Waals surface area contributed by atoms with E-state index in [0.717, 1.165) is 0 Å². The van der Waals surface area contributed by atoms with Crippen LogP contribution < -0.4 is 10.2 Å². The molecule has 1 aromatic carbocycles. The van der Waals surface area contributed by atoms with Crippen molar-refractivity contribution in [1.82, 2.24) is 0 Å². The van der Waals surface area contributed by atoms with Gasteiger partial charge in [-0.15, -0.1) is 11.5 Å². The van der Waals surface area contributed by atoms with Crippen LogP contribution in [0, 0.1) is 0 Å². The van der Waals surface area contributed by atoms with E-state index in [0.29, 0.717) is 0 Å². The van der Waals surface area contributed by atoms with E-state index in [1.165, 1.54) is 12.1 Å². The molecule has 0 atom stereocenters. The van der Waals surface area contributed by atoms with Gasteiger partial charge >= 0.3 is 0 Å². The summed E-state index contributed by atoms with van der Waals surface area (Å²) in [4.78, 5) is 0. The van der Waals surface area contributed by atoms with Gasteiger partial charge in [-0.2, -0.15) is 0 Å². The molecule has 1 rings (SSSR count). The van der Waals surface area contributed by atoms with E-state index in [1.807, 2.05) is 0 Å². The summed E-state index contributed by atoms with van der Waals surface area (Å²) in [5, 5.41) is 20.6. The Hall–Kier alpha value is -0.544. The average molecular weight is 180 g/mol. The molecule has 0 aromatic heterocycles. The SMILES string of the molecule is [Ga].[HH].[O-]c1ccccc1[O-]. The fourth-order valence-corrected chi connectivity index (χ4v) is 0.450. The molecule has 0 saturated heterocycles. The summed E-state index contributed by atoms with van der Waals surface area (Å²) in [5.74, 6) is -0.875. The van der Waals surface area contributed by atoms with Crippen LogP contribution in [0.2, 0.25) is 0 Å². The predicted octanol–water partition coefficient (Wildman–Crippen LogP) is -0.301. The Kier molecular flexibility index (Phi) is 3.27. The van der Waals surface area contributed by atoms with Crippen molar-refractivity contribution in [2.75, 3.05) is 0 Å². The molecule has 0 spiro atoms. The Morgan fingerprint density at radius 3 is 1.56 bits per heavy atom. The molecule has 3 radical (unpaired) electrons. The summed E-state index contributed by atoms with van der Waals surface area (Å²) in [6.07, 6.45) is 0. The van der Waals surface area contributed by atoms with Crippen LogP contribution in [-0.2, 0) is 0 Å². The van der Waals surface area contributed by atoms with Gasteiger partial charge in [0.05, 0.1) is 0 Å². The molecule has 0 fully saturated rings. The molecule has 0 amide bonds. The standard InChI is InChI=1S/C6H6O2.Ga.H2/c7-5-3-1-2-4-6(5)8;;/h1-4,7-8H;;1H/p-2. The summed E-state index contributed by atoms with van der Waals surface area (Å²) >= 11 is 0. The first-order chi connectivity index (χ1) is 3.80. The molecule has 0 bridgehead atoms. The maximum atomic E-state index is 10.3. The van der Waals surface area contributed by atoms with E-state index >= 15 is 0 Å². The number of para-hydroxylation sites is 2. The van der Waals surface area contributed by atoms with Crippen molar-refractivity contribution in [3.8, 4) is 11.5 Å². The maximum absolute atomic E-state index is 10.3. The van der Waals surface area contributed by atoms with Gasteiger partial charge in [0.2, 0.25) is 0 Å². The largest absolute Gasteiger partial charge is 0.873 e. The molecular weight excluding hydrogens is 174 g/mol. The van der Waals surface area contributed by atoms with Gasteiger partial charge in [-0.05, 0) is 0 Å². The predicted molar refractivity (Wildman–Crippen MR) is 33.2 cm³/mol. The monoisotopic (exact) mass is 179 g/mol. The summed E-state index contributed by atoms with van der Waals surface area (Å²) in [6, 6.07) is 5.60. The minimum absolute atomic E-state index is 0. The summed E-state index contributed by atoms with van der Waals surface area (Å²) in [5.41, 5.74) is 0. The van der Waals surface area contributed by atoms with Crippen LogP contribution in [0.4, 0.5) is 0 Å². The Balaban J connectivity index is 0. The summed E-state index contributed by atoms with van der Waals surface area (Å²) in [7, 11) is 0. The van der Waals surface area contributed by atoms with Gasteiger partial charge in [-0.1, -0.05) is 24.3 Å². The maximum Gasteiger partial charge on any atom is 0 e. The van der Waals surface area contributed by atoms with Crippen LogP contribution in [0.1, 0.15) is 1.43 Å². The molecule has 3 heteroatoms. The molecule has 1 aromatic rings. The Morgan fingerprint density at radius 1 is 1.00 bits per heavy atom. The molecule has 0 aliphatic rings. The second kappa shape index (κ2) is 3.48. The first-order valence-corrected chi connectivity index (χ1v) is 2.24. The Bertz CT molecular complexity index is 172. The van der Waals surface area contributed by atoms with Crippen molar-refractivity contribution < 1.29 is 11.6 Å². The second-order valence-electron chi connectivity index (χ2n) is 1.45. The van der Waals surface area contributed by atoms with Crippen LogP contribution in [0.5, 0.6) is 11.5 Å². The topological polar surface area (TPSA) is 46.1 Å². The molecule has 0 aliphatic carbocycles. The van der Waals surface area contributed by atoms with E-state index in [2.05, 4.69) is 0 Å². The zero-order valence-electron chi connectivity index (χ0n) is 4.70. The van der Waals surface area contributed by atoms with E-state index < -0.39 is 11.5 Å². The van der Waals surface area contributed by atoms with Crippen LogP contribution in [0.25, 0.3) is 0 Å². The number of hydrogen-bond acceptors (Lipinski definition) is 2. The minimum atomic E-state index is -0.437. The molecule has 0 N–H and O–H groups in total. The Morgan fingerprint density at radius 2 is 1.33 bits per heavy atom. The molecule has 47 valence electrons.